The molecule has 0 spiro atoms. The Hall–Kier alpha value is -1.62. The highest BCUT2D eigenvalue weighted by molar-refractivity contribution is 5.77. The van der Waals surface area contributed by atoms with Crippen molar-refractivity contribution in [3.05, 3.63) is 30.1 Å². The highest BCUT2D eigenvalue weighted by Gasteiger charge is 2.07. The van der Waals surface area contributed by atoms with Gasteiger partial charge in [-0.05, 0) is 24.6 Å². The van der Waals surface area contributed by atoms with Crippen LogP contribution in [0.25, 0.3) is 0 Å². The first-order valence-corrected chi connectivity index (χ1v) is 5.47. The van der Waals surface area contributed by atoms with Gasteiger partial charge in [0.25, 0.3) is 5.91 Å². The van der Waals surface area contributed by atoms with E-state index in [1.165, 1.54) is 12.1 Å². The van der Waals surface area contributed by atoms with Gasteiger partial charge in [-0.15, -0.1) is 0 Å². The highest BCUT2D eigenvalue weighted by Crippen LogP contribution is 2.14. The molecule has 4 nitrogen and oxygen atoms in total. The fourth-order valence-electron chi connectivity index (χ4n) is 1.13. The van der Waals surface area contributed by atoms with E-state index < -0.39 is 5.82 Å². The van der Waals surface area contributed by atoms with Crippen LogP contribution in [0.2, 0.25) is 0 Å². The second kappa shape index (κ2) is 6.85. The van der Waals surface area contributed by atoms with Crippen LogP contribution in [-0.4, -0.2) is 25.6 Å². The minimum Gasteiger partial charge on any atom is -0.481 e. The number of nitrogens with two attached hydrogens (primary N) is 1. The van der Waals surface area contributed by atoms with E-state index in [2.05, 4.69) is 5.32 Å². The minimum atomic E-state index is -0.476. The Kier molecular flexibility index (Phi) is 5.42. The van der Waals surface area contributed by atoms with Gasteiger partial charge >= 0.3 is 0 Å². The fourth-order valence-corrected chi connectivity index (χ4v) is 1.13. The Morgan fingerprint density at radius 2 is 2.24 bits per heavy atom. The molecule has 5 heteroatoms. The third-order valence-electron chi connectivity index (χ3n) is 2.25. The monoisotopic (exact) mass is 240 g/mol. The first-order chi connectivity index (χ1) is 8.13. The first-order valence-electron chi connectivity index (χ1n) is 5.47. The van der Waals surface area contributed by atoms with Crippen LogP contribution in [0.3, 0.4) is 0 Å². The van der Waals surface area contributed by atoms with Crippen molar-refractivity contribution in [1.29, 1.82) is 0 Å². The van der Waals surface area contributed by atoms with Crippen molar-refractivity contribution in [2.75, 3.05) is 19.7 Å². The number of carbonyl (C=O) groups excluding carboxylic acids is 1. The van der Waals surface area contributed by atoms with Crippen molar-refractivity contribution < 1.29 is 13.9 Å². The van der Waals surface area contributed by atoms with Crippen molar-refractivity contribution in [2.45, 2.75) is 6.92 Å². The molecule has 0 radical (unpaired) electrons. The van der Waals surface area contributed by atoms with Crippen molar-refractivity contribution in [2.24, 2.45) is 11.7 Å². The molecule has 3 N–H and O–H groups in total. The molecule has 1 atom stereocenters. The van der Waals surface area contributed by atoms with Gasteiger partial charge in [0, 0.05) is 6.54 Å². The van der Waals surface area contributed by atoms with Gasteiger partial charge in [0.05, 0.1) is 0 Å². The smallest absolute Gasteiger partial charge is 0.257 e. The Morgan fingerprint density at radius 1 is 1.53 bits per heavy atom. The maximum absolute atomic E-state index is 13.1. The lowest BCUT2D eigenvalue weighted by Crippen LogP contribution is -2.34. The molecular formula is C12H17FN2O2. The van der Waals surface area contributed by atoms with Crippen LogP contribution in [-0.2, 0) is 4.79 Å². The topological polar surface area (TPSA) is 64.3 Å². The number of hydrogen-bond acceptors (Lipinski definition) is 3. The van der Waals surface area contributed by atoms with Gasteiger partial charge in [-0.2, -0.15) is 0 Å². The summed E-state index contributed by atoms with van der Waals surface area (Å²) in [6.07, 6.45) is 0. The van der Waals surface area contributed by atoms with E-state index in [1.54, 1.807) is 12.1 Å². The van der Waals surface area contributed by atoms with Crippen molar-refractivity contribution in [3.63, 3.8) is 0 Å². The molecule has 0 saturated carbocycles. The first kappa shape index (κ1) is 13.4. The lowest BCUT2D eigenvalue weighted by molar-refractivity contribution is -0.123. The van der Waals surface area contributed by atoms with Gasteiger partial charge in [-0.1, -0.05) is 19.1 Å². The van der Waals surface area contributed by atoms with E-state index in [9.17, 15) is 9.18 Å². The van der Waals surface area contributed by atoms with Crippen molar-refractivity contribution in [1.82, 2.24) is 5.32 Å². The van der Waals surface area contributed by atoms with Gasteiger partial charge in [0.1, 0.15) is 0 Å². The Morgan fingerprint density at radius 3 is 2.88 bits per heavy atom. The number of nitrogens with one attached hydrogen (secondary N) is 1. The predicted octanol–water partition coefficient (Wildman–Crippen LogP) is 0.916. The zero-order chi connectivity index (χ0) is 12.7. The number of para-hydroxylation sites is 1. The summed E-state index contributed by atoms with van der Waals surface area (Å²) in [5, 5.41) is 2.66. The normalized spacial score (nSPS) is 11.9. The average Bonchev–Trinajstić information content (AvgIpc) is 2.35. The molecule has 94 valence electrons. The molecule has 0 bridgehead atoms. The van der Waals surface area contributed by atoms with Gasteiger partial charge < -0.3 is 15.8 Å². The van der Waals surface area contributed by atoms with Crippen LogP contribution in [0.4, 0.5) is 4.39 Å². The van der Waals surface area contributed by atoms with E-state index in [0.717, 1.165) is 0 Å². The molecule has 0 saturated heterocycles. The maximum Gasteiger partial charge on any atom is 0.257 e. The summed E-state index contributed by atoms with van der Waals surface area (Å²) in [4.78, 5) is 11.3. The third kappa shape index (κ3) is 4.82. The van der Waals surface area contributed by atoms with Crippen LogP contribution in [0.1, 0.15) is 6.92 Å². The van der Waals surface area contributed by atoms with Crippen LogP contribution in [0.5, 0.6) is 5.75 Å². The average molecular weight is 240 g/mol. The zero-order valence-corrected chi connectivity index (χ0v) is 9.78. The minimum absolute atomic E-state index is 0.0783. The number of halogens is 1. The van der Waals surface area contributed by atoms with Crippen molar-refractivity contribution >= 4 is 5.91 Å². The molecule has 1 amide bonds. The number of rotatable bonds is 6. The van der Waals surface area contributed by atoms with Crippen LogP contribution in [0, 0.1) is 11.7 Å². The summed E-state index contributed by atoms with van der Waals surface area (Å²) in [7, 11) is 0. The molecule has 1 unspecified atom stereocenters. The highest BCUT2D eigenvalue weighted by atomic mass is 19.1. The SMILES string of the molecule is CC(CN)CNC(=O)COc1ccccc1F. The molecule has 0 aromatic heterocycles. The van der Waals surface area contributed by atoms with Crippen LogP contribution >= 0.6 is 0 Å². The maximum atomic E-state index is 13.1. The molecule has 1 rings (SSSR count). The van der Waals surface area contributed by atoms with Gasteiger partial charge in [-0.25, -0.2) is 4.39 Å². The molecule has 0 aliphatic rings. The van der Waals surface area contributed by atoms with E-state index in [4.69, 9.17) is 10.5 Å². The molecule has 0 aliphatic carbocycles. The van der Waals surface area contributed by atoms with Crippen LogP contribution < -0.4 is 15.8 Å². The van der Waals surface area contributed by atoms with Gasteiger partial charge in [0.15, 0.2) is 18.2 Å². The zero-order valence-electron chi connectivity index (χ0n) is 9.78. The van der Waals surface area contributed by atoms with E-state index >= 15 is 0 Å². The van der Waals surface area contributed by atoms with E-state index in [-0.39, 0.29) is 24.2 Å². The molecule has 0 heterocycles. The number of hydrogen-bond donors (Lipinski definition) is 2. The number of carbonyl (C=O) groups is 1. The summed E-state index contributed by atoms with van der Waals surface area (Å²) in [5.74, 6) is -0.467. The molecule has 1 aromatic carbocycles. The molecule has 1 aromatic rings. The Bertz CT molecular complexity index is 371. The molecular weight excluding hydrogens is 223 g/mol. The number of ether oxygens (including phenoxy) is 1. The third-order valence-corrected chi connectivity index (χ3v) is 2.25. The quantitative estimate of drug-likeness (QED) is 0.777. The Balaban J connectivity index is 2.31. The summed E-state index contributed by atoms with van der Waals surface area (Å²) in [6.45, 7) is 2.74. The second-order valence-electron chi connectivity index (χ2n) is 3.86. The summed E-state index contributed by atoms with van der Waals surface area (Å²) in [6, 6.07) is 5.97. The second-order valence-corrected chi connectivity index (χ2v) is 3.86. The molecule has 17 heavy (non-hydrogen) atoms. The summed E-state index contributed by atoms with van der Waals surface area (Å²) >= 11 is 0. The number of amides is 1. The molecule has 0 aliphatic heterocycles. The number of benzene rings is 1. The fraction of sp³-hybridized carbons (Fsp3) is 0.417. The van der Waals surface area contributed by atoms with Gasteiger partial charge in [0.2, 0.25) is 0 Å². The molecule has 0 fully saturated rings. The standard InChI is InChI=1S/C12H17FN2O2/c1-9(6-14)7-15-12(16)8-17-11-5-3-2-4-10(11)13/h2-5,9H,6-8,14H2,1H3,(H,15,16). The summed E-state index contributed by atoms with van der Waals surface area (Å²) in [5.41, 5.74) is 5.41. The van der Waals surface area contributed by atoms with Gasteiger partial charge in [-0.3, -0.25) is 4.79 Å². The lowest BCUT2D eigenvalue weighted by atomic mass is 10.2. The summed E-state index contributed by atoms with van der Waals surface area (Å²) < 4.78 is 18.2. The predicted molar refractivity (Wildman–Crippen MR) is 63.1 cm³/mol. The largest absolute Gasteiger partial charge is 0.481 e. The lowest BCUT2D eigenvalue weighted by Gasteiger charge is -2.11. The van der Waals surface area contributed by atoms with E-state index in [0.29, 0.717) is 13.1 Å². The van der Waals surface area contributed by atoms with Crippen molar-refractivity contribution in [3.8, 4) is 5.75 Å². The van der Waals surface area contributed by atoms with Crippen LogP contribution in [0.15, 0.2) is 24.3 Å². The van der Waals surface area contributed by atoms with E-state index in [1.807, 2.05) is 6.92 Å². The Labute approximate surface area is 100.0 Å².